The molecule has 0 fully saturated rings. The molecule has 2 amide bonds. The van der Waals surface area contributed by atoms with Crippen molar-refractivity contribution >= 4 is 27.5 Å². The van der Waals surface area contributed by atoms with E-state index in [2.05, 4.69) is 5.32 Å². The summed E-state index contributed by atoms with van der Waals surface area (Å²) in [6.07, 6.45) is 0.980. The van der Waals surface area contributed by atoms with Crippen LogP contribution in [0.2, 0.25) is 0 Å². The van der Waals surface area contributed by atoms with Crippen molar-refractivity contribution in [2.45, 2.75) is 44.2 Å². The van der Waals surface area contributed by atoms with Crippen LogP contribution in [0.25, 0.3) is 0 Å². The Morgan fingerprint density at radius 1 is 0.714 bits per heavy atom. The van der Waals surface area contributed by atoms with Crippen LogP contribution >= 0.6 is 0 Å². The first-order valence-electron chi connectivity index (χ1n) is 16.3. The number of amides is 2. The van der Waals surface area contributed by atoms with Gasteiger partial charge in [0, 0.05) is 19.5 Å². The van der Waals surface area contributed by atoms with Crippen molar-refractivity contribution in [1.29, 1.82) is 0 Å². The highest BCUT2D eigenvalue weighted by Crippen LogP contribution is 2.29. The van der Waals surface area contributed by atoms with E-state index in [0.717, 1.165) is 27.4 Å². The monoisotopic (exact) mass is 675 g/mol. The zero-order chi connectivity index (χ0) is 34.6. The summed E-state index contributed by atoms with van der Waals surface area (Å²) < 4.78 is 35.5. The topological polar surface area (TPSA) is 96.0 Å². The van der Waals surface area contributed by atoms with E-state index in [1.807, 2.05) is 98.8 Å². The summed E-state index contributed by atoms with van der Waals surface area (Å²) in [5.74, 6) is 0.329. The van der Waals surface area contributed by atoms with Crippen LogP contribution < -0.4 is 14.4 Å². The molecular weight excluding hydrogens is 635 g/mol. The number of carbonyl (C=O) groups is 2. The number of sulfonamides is 1. The molecule has 0 spiro atoms. The van der Waals surface area contributed by atoms with Crippen molar-refractivity contribution < 1.29 is 22.7 Å². The number of aryl methyl sites for hydroxylation is 1. The van der Waals surface area contributed by atoms with Gasteiger partial charge in [0.15, 0.2) is 0 Å². The van der Waals surface area contributed by atoms with Gasteiger partial charge in [-0.2, -0.15) is 0 Å². The number of anilines is 1. The molecule has 1 atom stereocenters. The van der Waals surface area contributed by atoms with Crippen LogP contribution in [0.1, 0.15) is 30.0 Å². The lowest BCUT2D eigenvalue weighted by Crippen LogP contribution is -2.53. The third kappa shape index (κ3) is 9.36. The van der Waals surface area contributed by atoms with Gasteiger partial charge in [0.2, 0.25) is 11.8 Å². The number of para-hydroxylation sites is 1. The van der Waals surface area contributed by atoms with E-state index >= 15 is 0 Å². The molecule has 0 saturated carbocycles. The molecule has 0 aliphatic heterocycles. The predicted octanol–water partition coefficient (Wildman–Crippen LogP) is 7.15. The third-order valence-corrected chi connectivity index (χ3v) is 9.80. The molecule has 9 heteroatoms. The number of hydrogen-bond donors (Lipinski definition) is 1. The molecule has 0 bridgehead atoms. The summed E-state index contributed by atoms with van der Waals surface area (Å²) in [7, 11) is -4.21. The number of ether oxygens (including phenoxy) is 1. The number of rotatable bonds is 15. The van der Waals surface area contributed by atoms with Crippen LogP contribution in [-0.4, -0.2) is 44.3 Å². The van der Waals surface area contributed by atoms with Gasteiger partial charge in [-0.1, -0.05) is 103 Å². The van der Waals surface area contributed by atoms with Gasteiger partial charge in [0.25, 0.3) is 10.0 Å². The van der Waals surface area contributed by atoms with Gasteiger partial charge in [-0.15, -0.1) is 0 Å². The summed E-state index contributed by atoms with van der Waals surface area (Å²) in [5, 5.41) is 2.97. The summed E-state index contributed by atoms with van der Waals surface area (Å²) >= 11 is 0. The summed E-state index contributed by atoms with van der Waals surface area (Å²) in [6, 6.07) is 40.2. The van der Waals surface area contributed by atoms with E-state index in [0.29, 0.717) is 18.0 Å². The minimum atomic E-state index is -4.21. The Morgan fingerprint density at radius 3 is 1.90 bits per heavy atom. The molecule has 5 aromatic carbocycles. The minimum Gasteiger partial charge on any atom is -0.457 e. The van der Waals surface area contributed by atoms with Crippen molar-refractivity contribution in [2.24, 2.45) is 0 Å². The molecule has 0 unspecified atom stereocenters. The van der Waals surface area contributed by atoms with Crippen molar-refractivity contribution in [3.8, 4) is 11.5 Å². The number of nitrogens with one attached hydrogen (secondary N) is 1. The zero-order valence-corrected chi connectivity index (χ0v) is 28.6. The second-order valence-electron chi connectivity index (χ2n) is 11.7. The molecular formula is C40H41N3O5S. The molecule has 49 heavy (non-hydrogen) atoms. The number of benzene rings is 5. The number of hydrogen-bond acceptors (Lipinski definition) is 5. The van der Waals surface area contributed by atoms with Gasteiger partial charge in [0.05, 0.1) is 10.6 Å². The van der Waals surface area contributed by atoms with Crippen molar-refractivity contribution in [1.82, 2.24) is 10.2 Å². The predicted molar refractivity (Wildman–Crippen MR) is 193 cm³/mol. The van der Waals surface area contributed by atoms with E-state index in [4.69, 9.17) is 4.74 Å². The van der Waals surface area contributed by atoms with Gasteiger partial charge in [0.1, 0.15) is 24.1 Å². The fraction of sp³-hybridized carbons (Fsp3) is 0.200. The first kappa shape index (κ1) is 34.9. The van der Waals surface area contributed by atoms with E-state index in [1.54, 1.807) is 42.5 Å². The third-order valence-electron chi connectivity index (χ3n) is 8.01. The molecule has 5 rings (SSSR count). The van der Waals surface area contributed by atoms with Crippen LogP contribution in [0, 0.1) is 6.92 Å². The standard InChI is InChI=1S/C40H41N3O5S/c1-3-27-41-40(45)38(28-32-13-7-4-8-14-32)42(29-33-21-19-31(2)20-22-33)39(44)30-43(49(46,47)37-17-11-6-12-18-37)34-23-25-36(26-24-34)48-35-15-9-5-10-16-35/h4-26,38H,3,27-30H2,1-2H3,(H,41,45)/t38-/m0/s1. The lowest BCUT2D eigenvalue weighted by molar-refractivity contribution is -0.140. The summed E-state index contributed by atoms with van der Waals surface area (Å²) in [5.41, 5.74) is 3.04. The van der Waals surface area contributed by atoms with Gasteiger partial charge in [-0.25, -0.2) is 8.42 Å². The van der Waals surface area contributed by atoms with Crippen LogP contribution in [0.3, 0.4) is 0 Å². The fourth-order valence-electron chi connectivity index (χ4n) is 5.36. The van der Waals surface area contributed by atoms with E-state index in [9.17, 15) is 18.0 Å². The van der Waals surface area contributed by atoms with Crippen LogP contribution in [0.15, 0.2) is 144 Å². The normalized spacial score (nSPS) is 11.7. The number of carbonyl (C=O) groups excluding carboxylic acids is 2. The van der Waals surface area contributed by atoms with Crippen molar-refractivity contribution in [2.75, 3.05) is 17.4 Å². The highest BCUT2D eigenvalue weighted by Gasteiger charge is 2.34. The van der Waals surface area contributed by atoms with Crippen LogP contribution in [0.4, 0.5) is 5.69 Å². The molecule has 0 saturated heterocycles. The lowest BCUT2D eigenvalue weighted by Gasteiger charge is -2.34. The Balaban J connectivity index is 1.54. The van der Waals surface area contributed by atoms with Gasteiger partial charge in [-0.05, 0) is 73.0 Å². The van der Waals surface area contributed by atoms with Crippen molar-refractivity contribution in [3.05, 3.63) is 156 Å². The Bertz CT molecular complexity index is 1900. The molecule has 0 heterocycles. The Kier molecular flexibility index (Phi) is 11.8. The molecule has 8 nitrogen and oxygen atoms in total. The molecule has 0 aromatic heterocycles. The molecule has 5 aromatic rings. The molecule has 0 aliphatic rings. The van der Waals surface area contributed by atoms with E-state index < -0.39 is 28.5 Å². The van der Waals surface area contributed by atoms with E-state index in [1.165, 1.54) is 17.0 Å². The Hall–Kier alpha value is -5.41. The SMILES string of the molecule is CCCNC(=O)[C@H](Cc1ccccc1)N(Cc1ccc(C)cc1)C(=O)CN(c1ccc(Oc2ccccc2)cc1)S(=O)(=O)c1ccccc1. The average Bonchev–Trinajstić information content (AvgIpc) is 3.13. The van der Waals surface area contributed by atoms with Gasteiger partial charge in [-0.3, -0.25) is 13.9 Å². The minimum absolute atomic E-state index is 0.0408. The summed E-state index contributed by atoms with van der Waals surface area (Å²) in [4.78, 5) is 30.0. The lowest BCUT2D eigenvalue weighted by atomic mass is 10.0. The van der Waals surface area contributed by atoms with Gasteiger partial charge < -0.3 is 15.0 Å². The van der Waals surface area contributed by atoms with E-state index in [-0.39, 0.29) is 29.5 Å². The first-order chi connectivity index (χ1) is 23.7. The summed E-state index contributed by atoms with van der Waals surface area (Å²) in [6.45, 7) is 3.96. The second-order valence-corrected chi connectivity index (χ2v) is 13.6. The second kappa shape index (κ2) is 16.6. The van der Waals surface area contributed by atoms with Crippen LogP contribution in [-0.2, 0) is 32.6 Å². The molecule has 0 radical (unpaired) electrons. The molecule has 252 valence electrons. The fourth-order valence-corrected chi connectivity index (χ4v) is 6.80. The highest BCUT2D eigenvalue weighted by atomic mass is 32.2. The number of nitrogens with zero attached hydrogens (tertiary/aromatic N) is 2. The van der Waals surface area contributed by atoms with Crippen LogP contribution in [0.5, 0.6) is 11.5 Å². The Morgan fingerprint density at radius 2 is 1.29 bits per heavy atom. The Labute approximate surface area is 289 Å². The van der Waals surface area contributed by atoms with Gasteiger partial charge >= 0.3 is 0 Å². The maximum Gasteiger partial charge on any atom is 0.264 e. The maximum absolute atomic E-state index is 14.6. The smallest absolute Gasteiger partial charge is 0.264 e. The zero-order valence-electron chi connectivity index (χ0n) is 27.7. The quantitative estimate of drug-likeness (QED) is 0.127. The average molecular weight is 676 g/mol. The maximum atomic E-state index is 14.6. The highest BCUT2D eigenvalue weighted by molar-refractivity contribution is 7.92. The largest absolute Gasteiger partial charge is 0.457 e. The van der Waals surface area contributed by atoms with Crippen molar-refractivity contribution in [3.63, 3.8) is 0 Å². The first-order valence-corrected chi connectivity index (χ1v) is 17.8. The molecule has 1 N–H and O–H groups in total. The molecule has 0 aliphatic carbocycles.